The van der Waals surface area contributed by atoms with Crippen molar-refractivity contribution in [2.75, 3.05) is 32.0 Å². The van der Waals surface area contributed by atoms with E-state index < -0.39 is 0 Å². The minimum atomic E-state index is 0.957. The minimum Gasteiger partial charge on any atom is -0.382 e. The number of halogens is 1. The fourth-order valence-electron chi connectivity index (χ4n) is 1.44. The van der Waals surface area contributed by atoms with E-state index >= 15 is 0 Å². The van der Waals surface area contributed by atoms with Crippen LogP contribution < -0.4 is 5.32 Å². The van der Waals surface area contributed by atoms with E-state index in [0.717, 1.165) is 23.2 Å². The predicted molar refractivity (Wildman–Crippen MR) is 72.8 cm³/mol. The number of hydrogen-bond acceptors (Lipinski definition) is 3. The predicted octanol–water partition coefficient (Wildman–Crippen LogP) is 2.99. The van der Waals surface area contributed by atoms with Crippen LogP contribution in [0.4, 0.5) is 5.69 Å². The maximum absolute atomic E-state index is 4.11. The molecule has 16 heavy (non-hydrogen) atoms. The molecule has 4 heteroatoms. The first-order valence-electron chi connectivity index (χ1n) is 5.75. The summed E-state index contributed by atoms with van der Waals surface area (Å²) in [6.45, 7) is 5.42. The van der Waals surface area contributed by atoms with Gasteiger partial charge in [0.15, 0.2) is 0 Å². The topological polar surface area (TPSA) is 28.2 Å². The van der Waals surface area contributed by atoms with E-state index in [2.05, 4.69) is 45.1 Å². The molecule has 1 aromatic heterocycles. The van der Waals surface area contributed by atoms with Gasteiger partial charge in [-0.1, -0.05) is 13.3 Å². The first kappa shape index (κ1) is 13.5. The zero-order chi connectivity index (χ0) is 11.8. The SMILES string of the molecule is CCCCN(C)CCNc1cncc(Br)c1. The van der Waals surface area contributed by atoms with Gasteiger partial charge in [0.2, 0.25) is 0 Å². The molecule has 1 N–H and O–H groups in total. The van der Waals surface area contributed by atoms with E-state index in [1.165, 1.54) is 19.4 Å². The Balaban J connectivity index is 2.20. The third kappa shape index (κ3) is 5.47. The van der Waals surface area contributed by atoms with Crippen LogP contribution >= 0.6 is 15.9 Å². The molecule has 0 unspecified atom stereocenters. The Morgan fingerprint density at radius 3 is 2.88 bits per heavy atom. The summed E-state index contributed by atoms with van der Waals surface area (Å²) in [5.74, 6) is 0. The lowest BCUT2D eigenvalue weighted by molar-refractivity contribution is 0.340. The van der Waals surface area contributed by atoms with E-state index in [1.54, 1.807) is 6.20 Å². The highest BCUT2D eigenvalue weighted by Gasteiger charge is 1.97. The van der Waals surface area contributed by atoms with Crippen molar-refractivity contribution in [1.82, 2.24) is 9.88 Å². The third-order valence-electron chi connectivity index (χ3n) is 2.42. The van der Waals surface area contributed by atoms with Crippen molar-refractivity contribution in [3.8, 4) is 0 Å². The molecule has 0 amide bonds. The Morgan fingerprint density at radius 1 is 1.38 bits per heavy atom. The lowest BCUT2D eigenvalue weighted by atomic mass is 10.3. The van der Waals surface area contributed by atoms with E-state index in [1.807, 2.05) is 12.3 Å². The molecule has 0 radical (unpaired) electrons. The number of rotatable bonds is 7. The maximum atomic E-state index is 4.11. The van der Waals surface area contributed by atoms with Crippen LogP contribution in [0.1, 0.15) is 19.8 Å². The Kier molecular flexibility index (Phi) is 6.42. The maximum Gasteiger partial charge on any atom is 0.0538 e. The second-order valence-electron chi connectivity index (χ2n) is 3.98. The number of unbranched alkanes of at least 4 members (excludes halogenated alkanes) is 1. The second-order valence-corrected chi connectivity index (χ2v) is 4.89. The van der Waals surface area contributed by atoms with Gasteiger partial charge in [-0.25, -0.2) is 0 Å². The van der Waals surface area contributed by atoms with Crippen LogP contribution in [0, 0.1) is 0 Å². The van der Waals surface area contributed by atoms with Crippen molar-refractivity contribution in [1.29, 1.82) is 0 Å². The van der Waals surface area contributed by atoms with Crippen molar-refractivity contribution in [3.05, 3.63) is 22.9 Å². The van der Waals surface area contributed by atoms with Crippen LogP contribution in [0.2, 0.25) is 0 Å². The average Bonchev–Trinajstić information content (AvgIpc) is 2.26. The number of pyridine rings is 1. The number of nitrogens with one attached hydrogen (secondary N) is 1. The number of anilines is 1. The number of nitrogens with zero attached hydrogens (tertiary/aromatic N) is 2. The summed E-state index contributed by atoms with van der Waals surface area (Å²) in [5, 5.41) is 3.36. The first-order valence-corrected chi connectivity index (χ1v) is 6.54. The first-order chi connectivity index (χ1) is 7.72. The molecule has 0 spiro atoms. The van der Waals surface area contributed by atoms with E-state index in [9.17, 15) is 0 Å². The number of hydrogen-bond donors (Lipinski definition) is 1. The Bertz CT molecular complexity index is 304. The highest BCUT2D eigenvalue weighted by Crippen LogP contribution is 2.13. The lowest BCUT2D eigenvalue weighted by Crippen LogP contribution is -2.26. The van der Waals surface area contributed by atoms with Gasteiger partial charge in [0, 0.05) is 23.8 Å². The van der Waals surface area contributed by atoms with Crippen molar-refractivity contribution in [2.45, 2.75) is 19.8 Å². The Labute approximate surface area is 106 Å². The van der Waals surface area contributed by atoms with Gasteiger partial charge in [-0.2, -0.15) is 0 Å². The molecule has 0 saturated heterocycles. The number of aromatic nitrogens is 1. The quantitative estimate of drug-likeness (QED) is 0.835. The molecule has 0 fully saturated rings. The van der Waals surface area contributed by atoms with Crippen LogP contribution in [0.15, 0.2) is 22.9 Å². The molecule has 90 valence electrons. The smallest absolute Gasteiger partial charge is 0.0538 e. The lowest BCUT2D eigenvalue weighted by Gasteiger charge is -2.16. The molecule has 0 saturated carbocycles. The second kappa shape index (κ2) is 7.63. The van der Waals surface area contributed by atoms with Crippen molar-refractivity contribution < 1.29 is 0 Å². The van der Waals surface area contributed by atoms with Crippen LogP contribution in [-0.4, -0.2) is 36.6 Å². The Hall–Kier alpha value is -0.610. The highest BCUT2D eigenvalue weighted by molar-refractivity contribution is 9.10. The normalized spacial score (nSPS) is 10.8. The third-order valence-corrected chi connectivity index (χ3v) is 2.85. The van der Waals surface area contributed by atoms with Crippen LogP contribution in [0.3, 0.4) is 0 Å². The van der Waals surface area contributed by atoms with Crippen LogP contribution in [0.25, 0.3) is 0 Å². The fourth-order valence-corrected chi connectivity index (χ4v) is 1.80. The molecule has 0 aliphatic carbocycles. The van der Waals surface area contributed by atoms with Gasteiger partial charge in [-0.3, -0.25) is 4.98 Å². The summed E-state index contributed by atoms with van der Waals surface area (Å²) in [6.07, 6.45) is 6.16. The van der Waals surface area contributed by atoms with Crippen LogP contribution in [0.5, 0.6) is 0 Å². The van der Waals surface area contributed by atoms with E-state index in [0.29, 0.717) is 0 Å². The standard InChI is InChI=1S/C12H20BrN3/c1-3-4-6-16(2)7-5-15-12-8-11(13)9-14-10-12/h8-10,15H,3-7H2,1-2H3. The molecule has 0 aliphatic heterocycles. The van der Waals surface area contributed by atoms with Gasteiger partial charge < -0.3 is 10.2 Å². The van der Waals surface area contributed by atoms with Gasteiger partial charge in [-0.15, -0.1) is 0 Å². The zero-order valence-electron chi connectivity index (χ0n) is 10.0. The van der Waals surface area contributed by atoms with Crippen molar-refractivity contribution in [3.63, 3.8) is 0 Å². The van der Waals surface area contributed by atoms with Crippen molar-refractivity contribution >= 4 is 21.6 Å². The zero-order valence-corrected chi connectivity index (χ0v) is 11.6. The fraction of sp³-hybridized carbons (Fsp3) is 0.583. The summed E-state index contributed by atoms with van der Waals surface area (Å²) in [5.41, 5.74) is 1.07. The summed E-state index contributed by atoms with van der Waals surface area (Å²) in [4.78, 5) is 6.46. The monoisotopic (exact) mass is 285 g/mol. The summed E-state index contributed by atoms with van der Waals surface area (Å²) < 4.78 is 1.01. The van der Waals surface area contributed by atoms with Crippen molar-refractivity contribution in [2.24, 2.45) is 0 Å². The highest BCUT2D eigenvalue weighted by atomic mass is 79.9. The molecule has 3 nitrogen and oxygen atoms in total. The molecule has 0 aromatic carbocycles. The Morgan fingerprint density at radius 2 is 2.19 bits per heavy atom. The summed E-state index contributed by atoms with van der Waals surface area (Å²) in [7, 11) is 2.16. The van der Waals surface area contributed by atoms with Gasteiger partial charge in [-0.05, 0) is 42.0 Å². The van der Waals surface area contributed by atoms with Gasteiger partial charge in [0.25, 0.3) is 0 Å². The van der Waals surface area contributed by atoms with Gasteiger partial charge in [0.05, 0.1) is 11.9 Å². The summed E-state index contributed by atoms with van der Waals surface area (Å²) in [6, 6.07) is 2.04. The van der Waals surface area contributed by atoms with Gasteiger partial charge in [0.1, 0.15) is 0 Å². The molecule has 1 heterocycles. The van der Waals surface area contributed by atoms with E-state index in [-0.39, 0.29) is 0 Å². The van der Waals surface area contributed by atoms with Crippen LogP contribution in [-0.2, 0) is 0 Å². The average molecular weight is 286 g/mol. The number of likely N-dealkylation sites (N-methyl/N-ethyl adjacent to an activating group) is 1. The molecule has 1 aromatic rings. The molecule has 0 atom stereocenters. The largest absolute Gasteiger partial charge is 0.382 e. The molecular weight excluding hydrogens is 266 g/mol. The molecular formula is C12H20BrN3. The molecule has 1 rings (SSSR count). The molecule has 0 bridgehead atoms. The minimum absolute atomic E-state index is 0.957. The summed E-state index contributed by atoms with van der Waals surface area (Å²) >= 11 is 3.40. The molecule has 0 aliphatic rings. The van der Waals surface area contributed by atoms with E-state index in [4.69, 9.17) is 0 Å². The van der Waals surface area contributed by atoms with Gasteiger partial charge >= 0.3 is 0 Å².